The predicted octanol–water partition coefficient (Wildman–Crippen LogP) is 6.11. The van der Waals surface area contributed by atoms with Gasteiger partial charge in [-0.2, -0.15) is 0 Å². The van der Waals surface area contributed by atoms with Gasteiger partial charge in [0.05, 0.1) is 18.8 Å². The molecule has 0 aromatic carbocycles. The first-order valence-electron chi connectivity index (χ1n) is 13.9. The van der Waals surface area contributed by atoms with E-state index in [1.807, 2.05) is 0 Å². The van der Waals surface area contributed by atoms with Crippen molar-refractivity contribution >= 4 is 0 Å². The van der Waals surface area contributed by atoms with E-state index >= 15 is 0 Å². The molecule has 10 atom stereocenters. The highest BCUT2D eigenvalue weighted by atomic mass is 16.3. The second-order valence-electron chi connectivity index (χ2n) is 15.2. The van der Waals surface area contributed by atoms with Gasteiger partial charge in [-0.05, 0) is 90.8 Å². The number of hydrogen-bond acceptors (Lipinski definition) is 3. The highest BCUT2D eigenvalue weighted by Gasteiger charge is 2.70. The quantitative estimate of drug-likeness (QED) is 0.415. The van der Waals surface area contributed by atoms with Gasteiger partial charge in [-0.25, -0.2) is 0 Å². The fraction of sp³-hybridized carbons (Fsp3) is 0.933. The summed E-state index contributed by atoms with van der Waals surface area (Å²) in [6.07, 6.45) is 11.6. The molecule has 3 nitrogen and oxygen atoms in total. The standard InChI is InChI=1S/C30H50O3/c1-25(2)12-13-26(3)14-15-28(5)19(20(26)17-25)8-9-22-29(28,6)11-10-21-27(4,18-31)23(32)16-24(33)30(21,22)7/h8,20-24,31-33H,9-18H2,1-7H3/t20-,21-,22-,23-,24+,26+,27-,28+,29+,30-/m0/s1. The van der Waals surface area contributed by atoms with Crippen LogP contribution in [0.4, 0.5) is 0 Å². The van der Waals surface area contributed by atoms with Crippen molar-refractivity contribution in [1.29, 1.82) is 0 Å². The first-order chi connectivity index (χ1) is 15.2. The van der Waals surface area contributed by atoms with Gasteiger partial charge in [-0.15, -0.1) is 0 Å². The van der Waals surface area contributed by atoms with Crippen molar-refractivity contribution in [2.24, 2.45) is 50.2 Å². The summed E-state index contributed by atoms with van der Waals surface area (Å²) in [5, 5.41) is 32.9. The fourth-order valence-electron chi connectivity index (χ4n) is 10.5. The molecule has 5 rings (SSSR count). The summed E-state index contributed by atoms with van der Waals surface area (Å²) >= 11 is 0. The smallest absolute Gasteiger partial charge is 0.0643 e. The van der Waals surface area contributed by atoms with E-state index in [1.54, 1.807) is 5.57 Å². The molecule has 3 heteroatoms. The van der Waals surface area contributed by atoms with E-state index in [0.29, 0.717) is 29.1 Å². The van der Waals surface area contributed by atoms with Gasteiger partial charge in [-0.1, -0.05) is 60.1 Å². The minimum absolute atomic E-state index is 0.00154. The van der Waals surface area contributed by atoms with Gasteiger partial charge in [0, 0.05) is 17.3 Å². The minimum Gasteiger partial charge on any atom is -0.396 e. The minimum atomic E-state index is -0.634. The van der Waals surface area contributed by atoms with E-state index in [0.717, 1.165) is 19.3 Å². The van der Waals surface area contributed by atoms with E-state index in [9.17, 15) is 15.3 Å². The summed E-state index contributed by atoms with van der Waals surface area (Å²) in [6, 6.07) is 0. The zero-order chi connectivity index (χ0) is 24.2. The first-order valence-corrected chi connectivity index (χ1v) is 13.9. The number of rotatable bonds is 1. The van der Waals surface area contributed by atoms with Crippen LogP contribution in [0.3, 0.4) is 0 Å². The molecular weight excluding hydrogens is 408 g/mol. The lowest BCUT2D eigenvalue weighted by atomic mass is 9.33. The maximum atomic E-state index is 11.5. The second-order valence-corrected chi connectivity index (χ2v) is 15.2. The van der Waals surface area contributed by atoms with Crippen LogP contribution in [0, 0.1) is 50.2 Å². The second kappa shape index (κ2) is 7.10. The Bertz CT molecular complexity index is 847. The molecule has 0 spiro atoms. The zero-order valence-corrected chi connectivity index (χ0v) is 22.4. The number of fused-ring (bicyclic) bond motifs is 7. The van der Waals surface area contributed by atoms with E-state index in [-0.39, 0.29) is 28.8 Å². The topological polar surface area (TPSA) is 60.7 Å². The van der Waals surface area contributed by atoms with Gasteiger partial charge < -0.3 is 15.3 Å². The van der Waals surface area contributed by atoms with Gasteiger partial charge in [0.2, 0.25) is 0 Å². The number of aliphatic hydroxyl groups is 3. The van der Waals surface area contributed by atoms with Crippen molar-refractivity contribution in [2.75, 3.05) is 6.61 Å². The van der Waals surface area contributed by atoms with Crippen LogP contribution >= 0.6 is 0 Å². The van der Waals surface area contributed by atoms with Crippen molar-refractivity contribution in [3.8, 4) is 0 Å². The Morgan fingerprint density at radius 1 is 0.848 bits per heavy atom. The van der Waals surface area contributed by atoms with Gasteiger partial charge in [-0.3, -0.25) is 0 Å². The van der Waals surface area contributed by atoms with Crippen LogP contribution < -0.4 is 0 Å². The van der Waals surface area contributed by atoms with Crippen LogP contribution in [0.15, 0.2) is 11.6 Å². The van der Waals surface area contributed by atoms with Crippen molar-refractivity contribution in [3.05, 3.63) is 11.6 Å². The summed E-state index contributed by atoms with van der Waals surface area (Å²) in [6.45, 7) is 17.0. The fourth-order valence-corrected chi connectivity index (χ4v) is 10.5. The number of hydrogen-bond donors (Lipinski definition) is 3. The van der Waals surface area contributed by atoms with E-state index in [2.05, 4.69) is 54.5 Å². The van der Waals surface area contributed by atoms with Crippen LogP contribution in [0.5, 0.6) is 0 Å². The Morgan fingerprint density at radius 3 is 2.18 bits per heavy atom. The zero-order valence-electron chi connectivity index (χ0n) is 22.4. The molecule has 188 valence electrons. The van der Waals surface area contributed by atoms with Crippen LogP contribution in [0.1, 0.15) is 106 Å². The Balaban J connectivity index is 1.60. The van der Waals surface area contributed by atoms with Gasteiger partial charge in [0.15, 0.2) is 0 Å². The Morgan fingerprint density at radius 2 is 1.52 bits per heavy atom. The highest BCUT2D eigenvalue weighted by molar-refractivity contribution is 5.34. The Kier molecular flexibility index (Phi) is 5.23. The summed E-state index contributed by atoms with van der Waals surface area (Å²) in [5.74, 6) is 1.21. The molecule has 0 heterocycles. The third-order valence-corrected chi connectivity index (χ3v) is 13.3. The molecule has 0 aromatic heterocycles. The van der Waals surface area contributed by atoms with E-state index < -0.39 is 17.6 Å². The molecule has 3 N–H and O–H groups in total. The molecule has 0 aromatic rings. The van der Waals surface area contributed by atoms with Crippen LogP contribution in [0.25, 0.3) is 0 Å². The highest BCUT2D eigenvalue weighted by Crippen LogP contribution is 2.75. The van der Waals surface area contributed by atoms with Crippen molar-refractivity contribution in [2.45, 2.75) is 118 Å². The van der Waals surface area contributed by atoms with E-state index in [4.69, 9.17) is 0 Å². The summed E-state index contributed by atoms with van der Waals surface area (Å²) in [4.78, 5) is 0. The third-order valence-electron chi connectivity index (χ3n) is 13.3. The average Bonchev–Trinajstić information content (AvgIpc) is 2.74. The molecule has 4 saturated carbocycles. The maximum absolute atomic E-state index is 11.5. The van der Waals surface area contributed by atoms with Gasteiger partial charge in [0.1, 0.15) is 0 Å². The molecule has 33 heavy (non-hydrogen) atoms. The van der Waals surface area contributed by atoms with Gasteiger partial charge >= 0.3 is 0 Å². The Hall–Kier alpha value is -0.380. The molecule has 0 radical (unpaired) electrons. The molecule has 0 saturated heterocycles. The molecule has 0 unspecified atom stereocenters. The molecular formula is C30H50O3. The third kappa shape index (κ3) is 2.91. The van der Waals surface area contributed by atoms with Crippen molar-refractivity contribution in [3.63, 3.8) is 0 Å². The average molecular weight is 459 g/mol. The molecule has 0 amide bonds. The normalized spacial score (nSPS) is 57.8. The predicted molar refractivity (Wildman–Crippen MR) is 134 cm³/mol. The summed E-state index contributed by atoms with van der Waals surface area (Å²) in [7, 11) is 0. The van der Waals surface area contributed by atoms with Crippen molar-refractivity contribution in [1.82, 2.24) is 0 Å². The van der Waals surface area contributed by atoms with E-state index in [1.165, 1.54) is 32.1 Å². The molecule has 0 aliphatic heterocycles. The van der Waals surface area contributed by atoms with Crippen LogP contribution in [-0.4, -0.2) is 34.1 Å². The SMILES string of the molecule is CC1(C)CC[C@]2(C)CC[C@]3(C)C(=CC[C@@H]4[C@@]5(C)[C@H](O)C[C@H](O)[C@@](C)(CO)[C@@H]5CC[C@]43C)[C@@H]2C1. The van der Waals surface area contributed by atoms with Gasteiger partial charge in [0.25, 0.3) is 0 Å². The van der Waals surface area contributed by atoms with Crippen LogP contribution in [-0.2, 0) is 0 Å². The number of aliphatic hydroxyl groups excluding tert-OH is 3. The number of allylic oxidation sites excluding steroid dienone is 2. The largest absolute Gasteiger partial charge is 0.396 e. The lowest BCUT2D eigenvalue weighted by Gasteiger charge is -2.72. The summed E-state index contributed by atoms with van der Waals surface area (Å²) < 4.78 is 0. The molecule has 5 aliphatic carbocycles. The summed E-state index contributed by atoms with van der Waals surface area (Å²) in [5.41, 5.74) is 2.12. The maximum Gasteiger partial charge on any atom is 0.0643 e. The monoisotopic (exact) mass is 458 g/mol. The van der Waals surface area contributed by atoms with Crippen molar-refractivity contribution < 1.29 is 15.3 Å². The van der Waals surface area contributed by atoms with Crippen LogP contribution in [0.2, 0.25) is 0 Å². The molecule has 4 fully saturated rings. The molecule has 5 aliphatic rings. The lowest BCUT2D eigenvalue weighted by Crippen LogP contribution is -2.69. The Labute approximate surface area is 202 Å². The molecule has 0 bridgehead atoms. The first kappa shape index (κ1) is 24.3. The lowest BCUT2D eigenvalue weighted by molar-refractivity contribution is -0.253.